The monoisotopic (exact) mass is 402 g/mol. The molecule has 3 amide bonds. The molecule has 0 N–H and O–H groups in total. The van der Waals surface area contributed by atoms with Crippen LogP contribution in [0.1, 0.15) is 69.4 Å². The number of rotatable bonds is 2. The number of aromatic nitrogens is 3. The van der Waals surface area contributed by atoms with Crippen LogP contribution in [0, 0.1) is 5.41 Å². The van der Waals surface area contributed by atoms with Crippen molar-refractivity contribution in [2.24, 2.45) is 5.41 Å². The molecule has 2 fully saturated rings. The lowest BCUT2D eigenvalue weighted by Crippen LogP contribution is -2.47. The third-order valence-corrected chi connectivity index (χ3v) is 7.06. The minimum absolute atomic E-state index is 0.0806. The number of nitrogens with zero attached hydrogens (tertiary/aromatic N) is 6. The van der Waals surface area contributed by atoms with E-state index in [1.165, 1.54) is 6.42 Å². The predicted molar refractivity (Wildman–Crippen MR) is 109 cm³/mol. The maximum atomic E-state index is 13.2. The molecule has 1 aromatic rings. The van der Waals surface area contributed by atoms with Crippen molar-refractivity contribution in [3.05, 3.63) is 11.6 Å². The number of urea groups is 1. The second kappa shape index (κ2) is 7.95. The smallest absolute Gasteiger partial charge is 0.319 e. The molecule has 1 saturated heterocycles. The summed E-state index contributed by atoms with van der Waals surface area (Å²) in [6.07, 6.45) is 7.41. The molecule has 2 aliphatic heterocycles. The highest BCUT2D eigenvalue weighted by Crippen LogP contribution is 2.38. The predicted octanol–water partition coefficient (Wildman–Crippen LogP) is 2.45. The van der Waals surface area contributed by atoms with Crippen LogP contribution in [0.2, 0.25) is 0 Å². The van der Waals surface area contributed by atoms with Crippen molar-refractivity contribution in [3.8, 4) is 0 Å². The van der Waals surface area contributed by atoms with E-state index in [9.17, 15) is 9.59 Å². The molecule has 0 bridgehead atoms. The van der Waals surface area contributed by atoms with Crippen molar-refractivity contribution in [2.75, 3.05) is 33.7 Å². The number of hydrogen-bond acceptors (Lipinski definition) is 4. The van der Waals surface area contributed by atoms with E-state index in [2.05, 4.69) is 21.7 Å². The van der Waals surface area contributed by atoms with Gasteiger partial charge in [-0.25, -0.2) is 4.79 Å². The van der Waals surface area contributed by atoms with Gasteiger partial charge in [-0.1, -0.05) is 26.2 Å². The van der Waals surface area contributed by atoms with Crippen LogP contribution in [-0.2, 0) is 17.9 Å². The van der Waals surface area contributed by atoms with Gasteiger partial charge >= 0.3 is 6.03 Å². The Kier molecular flexibility index (Phi) is 5.53. The molecule has 160 valence electrons. The average molecular weight is 403 g/mol. The number of likely N-dealkylation sites (tertiary alicyclic amines) is 1. The first-order valence-corrected chi connectivity index (χ1v) is 11.1. The van der Waals surface area contributed by atoms with Crippen molar-refractivity contribution >= 4 is 11.9 Å². The zero-order valence-corrected chi connectivity index (χ0v) is 18.1. The molecule has 0 aromatic carbocycles. The zero-order valence-electron chi connectivity index (χ0n) is 18.1. The third kappa shape index (κ3) is 3.85. The molecule has 1 saturated carbocycles. The molecule has 1 aliphatic carbocycles. The summed E-state index contributed by atoms with van der Waals surface area (Å²) in [7, 11) is 3.59. The summed E-state index contributed by atoms with van der Waals surface area (Å²) in [4.78, 5) is 30.9. The summed E-state index contributed by atoms with van der Waals surface area (Å²) in [5, 5.41) is 8.96. The molecule has 8 nitrogen and oxygen atoms in total. The van der Waals surface area contributed by atoms with Gasteiger partial charge in [-0.15, -0.1) is 10.2 Å². The third-order valence-electron chi connectivity index (χ3n) is 7.06. The highest BCUT2D eigenvalue weighted by molar-refractivity contribution is 5.82. The summed E-state index contributed by atoms with van der Waals surface area (Å²) >= 11 is 0. The first-order chi connectivity index (χ1) is 13.9. The molecule has 4 rings (SSSR count). The van der Waals surface area contributed by atoms with Crippen molar-refractivity contribution in [1.29, 1.82) is 0 Å². The molecule has 29 heavy (non-hydrogen) atoms. The van der Waals surface area contributed by atoms with Gasteiger partial charge in [-0.3, -0.25) is 4.79 Å². The number of fused-ring (bicyclic) bond motifs is 1. The Morgan fingerprint density at radius 3 is 2.31 bits per heavy atom. The van der Waals surface area contributed by atoms with E-state index in [-0.39, 0.29) is 11.4 Å². The number of amides is 3. The van der Waals surface area contributed by atoms with E-state index in [4.69, 9.17) is 0 Å². The summed E-state index contributed by atoms with van der Waals surface area (Å²) in [6.45, 7) is 5.74. The van der Waals surface area contributed by atoms with Gasteiger partial charge in [0.2, 0.25) is 5.91 Å². The summed E-state index contributed by atoms with van der Waals surface area (Å²) in [5.41, 5.74) is -0.199. The molecule has 3 aliphatic rings. The molecule has 8 heteroatoms. The summed E-state index contributed by atoms with van der Waals surface area (Å²) < 4.78 is 2.22. The fraction of sp³-hybridized carbons (Fsp3) is 0.810. The maximum Gasteiger partial charge on any atom is 0.319 e. The number of hydrogen-bond donors (Lipinski definition) is 0. The molecule has 0 spiro atoms. The van der Waals surface area contributed by atoms with Crippen molar-refractivity contribution in [2.45, 2.75) is 70.9 Å². The largest absolute Gasteiger partial charge is 0.333 e. The Bertz CT molecular complexity index is 759. The molecule has 0 unspecified atom stereocenters. The minimum Gasteiger partial charge on any atom is -0.333 e. The lowest BCUT2D eigenvalue weighted by Gasteiger charge is -2.39. The quantitative estimate of drug-likeness (QED) is 0.762. The van der Waals surface area contributed by atoms with Gasteiger partial charge in [0.15, 0.2) is 5.82 Å². The maximum absolute atomic E-state index is 13.2. The van der Waals surface area contributed by atoms with Crippen LogP contribution >= 0.6 is 0 Å². The van der Waals surface area contributed by atoms with Gasteiger partial charge < -0.3 is 19.3 Å². The van der Waals surface area contributed by atoms with E-state index in [0.29, 0.717) is 18.4 Å². The van der Waals surface area contributed by atoms with E-state index in [1.54, 1.807) is 19.0 Å². The van der Waals surface area contributed by atoms with Crippen LogP contribution in [0.4, 0.5) is 4.79 Å². The van der Waals surface area contributed by atoms with Crippen LogP contribution in [-0.4, -0.2) is 75.1 Å². The van der Waals surface area contributed by atoms with Crippen molar-refractivity contribution < 1.29 is 9.59 Å². The SMILES string of the molecule is CN(C)C(=O)N1CCC(c2nnc3n2CCN(C(=O)C2(C)CCCCC2)C3)CC1. The van der Waals surface area contributed by atoms with Crippen molar-refractivity contribution in [3.63, 3.8) is 0 Å². The first-order valence-electron chi connectivity index (χ1n) is 11.1. The molecule has 3 heterocycles. The number of piperidine rings is 1. The van der Waals surface area contributed by atoms with Crippen molar-refractivity contribution in [1.82, 2.24) is 29.5 Å². The van der Waals surface area contributed by atoms with Gasteiger partial charge in [-0.05, 0) is 25.7 Å². The standard InChI is InChI=1S/C21H34N6O2/c1-21(9-5-4-6-10-21)19(28)26-13-14-27-17(15-26)22-23-18(27)16-7-11-25(12-8-16)20(29)24(2)3/h16H,4-15H2,1-3H3. The lowest BCUT2D eigenvalue weighted by atomic mass is 9.74. The van der Waals surface area contributed by atoms with Crippen LogP contribution in [0.15, 0.2) is 0 Å². The van der Waals surface area contributed by atoms with E-state index in [0.717, 1.165) is 76.4 Å². The van der Waals surface area contributed by atoms with Crippen LogP contribution in [0.25, 0.3) is 0 Å². The minimum atomic E-state index is -0.199. The first kappa shape index (κ1) is 20.2. The molecule has 0 atom stereocenters. The van der Waals surface area contributed by atoms with E-state index < -0.39 is 0 Å². The molecule has 1 aromatic heterocycles. The Morgan fingerprint density at radius 2 is 1.66 bits per heavy atom. The Balaban J connectivity index is 1.40. The van der Waals surface area contributed by atoms with Crippen LogP contribution in [0.3, 0.4) is 0 Å². The molecule has 0 radical (unpaired) electrons. The molecular weight excluding hydrogens is 368 g/mol. The van der Waals surface area contributed by atoms with Gasteiger partial charge in [0.1, 0.15) is 5.82 Å². The second-order valence-corrected chi connectivity index (χ2v) is 9.41. The fourth-order valence-electron chi connectivity index (χ4n) is 5.20. The van der Waals surface area contributed by atoms with Crippen LogP contribution in [0.5, 0.6) is 0 Å². The van der Waals surface area contributed by atoms with E-state index in [1.807, 2.05) is 9.80 Å². The molecular formula is C21H34N6O2. The second-order valence-electron chi connectivity index (χ2n) is 9.41. The van der Waals surface area contributed by atoms with Gasteiger partial charge in [0, 0.05) is 51.6 Å². The van der Waals surface area contributed by atoms with E-state index >= 15 is 0 Å². The van der Waals surface area contributed by atoms with Gasteiger partial charge in [0.25, 0.3) is 0 Å². The average Bonchev–Trinajstić information content (AvgIpc) is 3.16. The topological polar surface area (TPSA) is 74.6 Å². The normalized spacial score (nSPS) is 22.3. The van der Waals surface area contributed by atoms with Gasteiger partial charge in [0.05, 0.1) is 6.54 Å². The fourth-order valence-corrected chi connectivity index (χ4v) is 5.20. The number of carbonyl (C=O) groups excluding carboxylic acids is 2. The highest BCUT2D eigenvalue weighted by Gasteiger charge is 2.39. The highest BCUT2D eigenvalue weighted by atomic mass is 16.2. The Hall–Kier alpha value is -2.12. The summed E-state index contributed by atoms with van der Waals surface area (Å²) in [5.74, 6) is 2.57. The van der Waals surface area contributed by atoms with Gasteiger partial charge in [-0.2, -0.15) is 0 Å². The zero-order chi connectivity index (χ0) is 20.6. The Labute approximate surface area is 173 Å². The number of carbonyl (C=O) groups is 2. The summed E-state index contributed by atoms with van der Waals surface area (Å²) in [6, 6.07) is 0.0806. The van der Waals surface area contributed by atoms with Crippen LogP contribution < -0.4 is 0 Å². The Morgan fingerprint density at radius 1 is 0.966 bits per heavy atom. The lowest BCUT2D eigenvalue weighted by molar-refractivity contribution is -0.144.